The van der Waals surface area contributed by atoms with Gasteiger partial charge in [0, 0.05) is 37.3 Å². The van der Waals surface area contributed by atoms with Gasteiger partial charge < -0.3 is 19.5 Å². The summed E-state index contributed by atoms with van der Waals surface area (Å²) in [6.07, 6.45) is 2.72. The summed E-state index contributed by atoms with van der Waals surface area (Å²) in [6.45, 7) is 4.64. The number of pyridine rings is 1. The van der Waals surface area contributed by atoms with E-state index in [0.29, 0.717) is 64.1 Å². The van der Waals surface area contributed by atoms with Crippen molar-refractivity contribution in [2.75, 3.05) is 29.3 Å². The number of amides is 2. The van der Waals surface area contributed by atoms with Crippen LogP contribution in [0.4, 0.5) is 15.8 Å². The molecule has 4 heterocycles. The number of carbonyl (C=O) groups excluding carboxylic acids is 2. The van der Waals surface area contributed by atoms with Crippen LogP contribution in [0.5, 0.6) is 17.5 Å². The van der Waals surface area contributed by atoms with Gasteiger partial charge in [-0.1, -0.05) is 103 Å². The topological polar surface area (TPSA) is 166 Å². The van der Waals surface area contributed by atoms with Crippen molar-refractivity contribution < 1.29 is 36.6 Å². The van der Waals surface area contributed by atoms with E-state index in [1.807, 2.05) is 128 Å². The summed E-state index contributed by atoms with van der Waals surface area (Å²) in [5.41, 5.74) is 5.32. The van der Waals surface area contributed by atoms with Crippen molar-refractivity contribution in [3.63, 3.8) is 0 Å². The van der Waals surface area contributed by atoms with Crippen molar-refractivity contribution >= 4 is 60.8 Å². The van der Waals surface area contributed by atoms with Crippen molar-refractivity contribution in [1.29, 1.82) is 0 Å². The van der Waals surface area contributed by atoms with Gasteiger partial charge in [-0.05, 0) is 95.9 Å². The number of rotatable bonds is 15. The van der Waals surface area contributed by atoms with Gasteiger partial charge in [0.15, 0.2) is 5.82 Å². The van der Waals surface area contributed by atoms with Crippen molar-refractivity contribution in [3.05, 3.63) is 190 Å². The molecule has 2 amide bonds. The molecule has 2 N–H and O–H groups in total. The molecule has 8 aromatic rings. The van der Waals surface area contributed by atoms with Gasteiger partial charge in [-0.25, -0.2) is 18.2 Å². The largest absolute Gasteiger partial charge is 0.487 e. The fourth-order valence-corrected chi connectivity index (χ4v) is 10.2. The first-order valence-electron chi connectivity index (χ1n) is 23.3. The second-order valence-corrected chi connectivity index (χ2v) is 19.7. The van der Waals surface area contributed by atoms with Gasteiger partial charge in [0.05, 0.1) is 16.6 Å². The highest BCUT2D eigenvalue weighted by molar-refractivity contribution is 7.92. The fourth-order valence-electron chi connectivity index (χ4n) is 9.00. The standard InChI is InChI=1S/C55H50FN7O8S/c1-55(2,53(65)57-42-20-21-43-41(29-42)31-47(69-33-36-13-7-4-8-14-36)51(50(43)56)62-32-48(64)59-72(62,67)68)61-27-25-39(26-28-61)40-19-22-44-46(30-40)60(3)54(66)63(44)45-23-24-49(70-34-37-15-9-5-10-16-37)58-52(45)71-35-38-17-11-6-12-18-38/h4-25,29-31H,26-28,32-35H2,1-3H3,(H,57,65)(H,59,64). The molecule has 0 aliphatic carbocycles. The molecule has 366 valence electrons. The third kappa shape index (κ3) is 9.51. The number of hydrogen-bond acceptors (Lipinski definition) is 10. The van der Waals surface area contributed by atoms with Gasteiger partial charge in [-0.15, -0.1) is 0 Å². The van der Waals surface area contributed by atoms with Gasteiger partial charge in [-0.2, -0.15) is 13.4 Å². The lowest BCUT2D eigenvalue weighted by atomic mass is 9.94. The molecule has 15 nitrogen and oxygen atoms in total. The highest BCUT2D eigenvalue weighted by Crippen LogP contribution is 2.41. The predicted molar refractivity (Wildman–Crippen MR) is 274 cm³/mol. The SMILES string of the molecule is Cn1c(=O)n(-c2ccc(OCc3ccccc3)nc2OCc2ccccc2)c2ccc(C3=CCN(C(C)(C)C(=O)Nc4ccc5c(F)c(N6CC(=O)NS6(=O)=O)c(OCc6ccccc6)cc5c4)CC3)cc21. The lowest BCUT2D eigenvalue weighted by Gasteiger charge is -2.39. The van der Waals surface area contributed by atoms with Crippen molar-refractivity contribution in [2.45, 2.75) is 45.6 Å². The van der Waals surface area contributed by atoms with Crippen LogP contribution in [-0.2, 0) is 46.7 Å². The van der Waals surface area contributed by atoms with Crippen molar-refractivity contribution in [1.82, 2.24) is 23.7 Å². The molecule has 0 spiro atoms. The van der Waals surface area contributed by atoms with Gasteiger partial charge >= 0.3 is 15.9 Å². The normalized spacial score (nSPS) is 14.8. The second kappa shape index (κ2) is 19.5. The van der Waals surface area contributed by atoms with Gasteiger partial charge in [0.25, 0.3) is 5.91 Å². The first-order chi connectivity index (χ1) is 34.7. The Balaban J connectivity index is 0.869. The molecule has 10 rings (SSSR count). The molecule has 0 radical (unpaired) electrons. The Kier molecular flexibility index (Phi) is 12.8. The first kappa shape index (κ1) is 47.4. The number of aryl methyl sites for hydroxylation is 1. The van der Waals surface area contributed by atoms with Crippen LogP contribution < -0.4 is 34.2 Å². The highest BCUT2D eigenvalue weighted by Gasteiger charge is 2.39. The zero-order chi connectivity index (χ0) is 50.1. The molecular weight excluding hydrogens is 938 g/mol. The number of halogens is 1. The van der Waals surface area contributed by atoms with Gasteiger partial charge in [-0.3, -0.25) is 23.6 Å². The highest BCUT2D eigenvalue weighted by atomic mass is 32.2. The summed E-state index contributed by atoms with van der Waals surface area (Å²) >= 11 is 0. The zero-order valence-electron chi connectivity index (χ0n) is 39.7. The number of aromatic nitrogens is 3. The molecule has 72 heavy (non-hydrogen) atoms. The quantitative estimate of drug-likeness (QED) is 0.102. The van der Waals surface area contributed by atoms with Crippen LogP contribution in [0.3, 0.4) is 0 Å². The van der Waals surface area contributed by atoms with E-state index >= 15 is 4.39 Å². The Morgan fingerprint density at radius 1 is 0.778 bits per heavy atom. The summed E-state index contributed by atoms with van der Waals surface area (Å²) in [6, 6.07) is 44.2. The number of benzene rings is 6. The average molecular weight is 988 g/mol. The van der Waals surface area contributed by atoms with E-state index in [1.165, 1.54) is 12.1 Å². The smallest absolute Gasteiger partial charge is 0.333 e. The molecule has 0 unspecified atom stereocenters. The van der Waals surface area contributed by atoms with E-state index in [2.05, 4.69) is 16.3 Å². The van der Waals surface area contributed by atoms with E-state index in [4.69, 9.17) is 19.2 Å². The number of hydrogen-bond donors (Lipinski definition) is 2. The molecule has 1 saturated heterocycles. The van der Waals surface area contributed by atoms with Gasteiger partial charge in [0.2, 0.25) is 17.7 Å². The lowest BCUT2D eigenvalue weighted by molar-refractivity contribution is -0.126. The monoisotopic (exact) mass is 987 g/mol. The maximum atomic E-state index is 16.5. The molecule has 2 aliphatic heterocycles. The summed E-state index contributed by atoms with van der Waals surface area (Å²) < 4.78 is 66.4. The molecule has 0 atom stereocenters. The maximum absolute atomic E-state index is 16.5. The van der Waals surface area contributed by atoms with Crippen LogP contribution >= 0.6 is 0 Å². The number of anilines is 2. The van der Waals surface area contributed by atoms with Crippen LogP contribution in [0.2, 0.25) is 0 Å². The van der Waals surface area contributed by atoms with Crippen molar-refractivity contribution in [2.24, 2.45) is 7.05 Å². The Morgan fingerprint density at radius 3 is 2.06 bits per heavy atom. The summed E-state index contributed by atoms with van der Waals surface area (Å²) in [5.74, 6) is -1.46. The van der Waals surface area contributed by atoms with Crippen LogP contribution in [0.1, 0.15) is 42.5 Å². The van der Waals surface area contributed by atoms with Gasteiger partial charge in [0.1, 0.15) is 43.5 Å². The summed E-state index contributed by atoms with van der Waals surface area (Å²) in [5, 5.41) is 3.42. The molecular formula is C55H50FN7O8S. The third-order valence-electron chi connectivity index (χ3n) is 13.1. The number of nitrogens with one attached hydrogen (secondary N) is 2. The van der Waals surface area contributed by atoms with E-state index in [1.54, 1.807) is 40.4 Å². The molecule has 0 saturated carbocycles. The molecule has 2 aromatic heterocycles. The van der Waals surface area contributed by atoms with E-state index in [0.717, 1.165) is 27.8 Å². The van der Waals surface area contributed by atoms with Crippen molar-refractivity contribution in [3.8, 4) is 23.2 Å². The number of carbonyl (C=O) groups is 2. The number of fused-ring (bicyclic) bond motifs is 2. The van der Waals surface area contributed by atoms with E-state index in [-0.39, 0.29) is 41.8 Å². The minimum absolute atomic E-state index is 0.00123. The predicted octanol–water partition coefficient (Wildman–Crippen LogP) is 8.44. The Bertz CT molecular complexity index is 3590. The first-order valence-corrected chi connectivity index (χ1v) is 24.8. The van der Waals surface area contributed by atoms with Crippen LogP contribution in [-0.4, -0.2) is 64.4 Å². The molecule has 1 fully saturated rings. The minimum atomic E-state index is -4.37. The summed E-state index contributed by atoms with van der Waals surface area (Å²) in [4.78, 5) is 47.2. The minimum Gasteiger partial charge on any atom is -0.487 e. The maximum Gasteiger partial charge on any atom is 0.333 e. The zero-order valence-corrected chi connectivity index (χ0v) is 40.5. The fraction of sp³-hybridized carbons (Fsp3) is 0.200. The summed E-state index contributed by atoms with van der Waals surface area (Å²) in [7, 11) is -2.63. The molecule has 0 bridgehead atoms. The van der Waals surface area contributed by atoms with Crippen LogP contribution in [0, 0.1) is 5.82 Å². The molecule has 2 aliphatic rings. The molecule has 17 heteroatoms. The van der Waals surface area contributed by atoms with Crippen LogP contribution in [0.15, 0.2) is 156 Å². The Hall–Kier alpha value is -8.28. The van der Waals surface area contributed by atoms with Crippen LogP contribution in [0.25, 0.3) is 33.1 Å². The third-order valence-corrected chi connectivity index (χ3v) is 14.4. The second-order valence-electron chi connectivity index (χ2n) is 18.1. The average Bonchev–Trinajstić information content (AvgIpc) is 3.81. The lowest BCUT2D eigenvalue weighted by Crippen LogP contribution is -2.53. The number of imidazole rings is 1. The van der Waals surface area contributed by atoms with E-state index < -0.39 is 39.7 Å². The Labute approximate surface area is 414 Å². The number of nitrogens with zero attached hydrogens (tertiary/aromatic N) is 5. The Morgan fingerprint density at radius 2 is 1.43 bits per heavy atom. The molecule has 6 aromatic carbocycles. The van der Waals surface area contributed by atoms with E-state index in [9.17, 15) is 22.8 Å². The number of ether oxygens (including phenoxy) is 3.